The van der Waals surface area contributed by atoms with E-state index in [4.69, 9.17) is 4.98 Å². The van der Waals surface area contributed by atoms with E-state index in [2.05, 4.69) is 76.1 Å². The maximum atomic E-state index is 12.0. The van der Waals surface area contributed by atoms with Crippen molar-refractivity contribution in [3.05, 3.63) is 71.3 Å². The standard InChI is InChI=1S/C17H14I2N2O/c1-17(2,15-11(18)9-12(19)16(22)21-15)14-8-7-10-5-3-4-6-13(10)20-14/h3-9H,1-2H3,(H,21,22). The van der Waals surface area contributed by atoms with Crippen LogP contribution in [0.25, 0.3) is 10.9 Å². The van der Waals surface area contributed by atoms with Crippen LogP contribution in [0.5, 0.6) is 0 Å². The van der Waals surface area contributed by atoms with Gasteiger partial charge >= 0.3 is 0 Å². The molecule has 0 fully saturated rings. The number of hydrogen-bond donors (Lipinski definition) is 1. The maximum absolute atomic E-state index is 12.0. The number of hydrogen-bond acceptors (Lipinski definition) is 2. The Morgan fingerprint density at radius 1 is 1.05 bits per heavy atom. The molecule has 2 aromatic heterocycles. The van der Waals surface area contributed by atoms with Gasteiger partial charge in [0.1, 0.15) is 0 Å². The lowest BCUT2D eigenvalue weighted by molar-refractivity contribution is 0.591. The van der Waals surface area contributed by atoms with Crippen molar-refractivity contribution >= 4 is 56.1 Å². The summed E-state index contributed by atoms with van der Waals surface area (Å²) < 4.78 is 1.74. The summed E-state index contributed by atoms with van der Waals surface area (Å²) in [5.41, 5.74) is 2.40. The molecule has 0 aliphatic carbocycles. The third-order valence-corrected chi connectivity index (χ3v) is 5.46. The van der Waals surface area contributed by atoms with E-state index in [1.165, 1.54) is 0 Å². The van der Waals surface area contributed by atoms with Crippen molar-refractivity contribution < 1.29 is 0 Å². The Kier molecular flexibility index (Phi) is 4.28. The average molecular weight is 516 g/mol. The van der Waals surface area contributed by atoms with Crippen LogP contribution in [-0.2, 0) is 5.41 Å². The number of aromatic amines is 1. The molecule has 0 unspecified atom stereocenters. The van der Waals surface area contributed by atoms with Crippen LogP contribution in [0.3, 0.4) is 0 Å². The molecule has 5 heteroatoms. The Labute approximate surface area is 155 Å². The normalized spacial score (nSPS) is 11.8. The summed E-state index contributed by atoms with van der Waals surface area (Å²) >= 11 is 4.33. The minimum atomic E-state index is -0.371. The first kappa shape index (κ1) is 15.9. The Morgan fingerprint density at radius 2 is 1.77 bits per heavy atom. The second-order valence-electron chi connectivity index (χ2n) is 5.68. The molecule has 112 valence electrons. The summed E-state index contributed by atoms with van der Waals surface area (Å²) in [6.07, 6.45) is 0. The Bertz CT molecular complexity index is 916. The van der Waals surface area contributed by atoms with Crippen molar-refractivity contribution in [3.8, 4) is 0 Å². The molecule has 2 heterocycles. The molecule has 22 heavy (non-hydrogen) atoms. The van der Waals surface area contributed by atoms with Gasteiger partial charge in [-0.25, -0.2) is 0 Å². The molecule has 3 rings (SSSR count). The number of nitrogens with one attached hydrogen (secondary N) is 1. The van der Waals surface area contributed by atoms with Gasteiger partial charge in [0.25, 0.3) is 5.56 Å². The zero-order valence-corrected chi connectivity index (χ0v) is 16.5. The zero-order chi connectivity index (χ0) is 15.9. The van der Waals surface area contributed by atoms with Crippen molar-refractivity contribution in [1.29, 1.82) is 0 Å². The highest BCUT2D eigenvalue weighted by Crippen LogP contribution is 2.32. The van der Waals surface area contributed by atoms with Crippen LogP contribution in [0.15, 0.2) is 47.3 Å². The van der Waals surface area contributed by atoms with Crippen LogP contribution in [0.1, 0.15) is 25.2 Å². The van der Waals surface area contributed by atoms with Crippen molar-refractivity contribution in [2.75, 3.05) is 0 Å². The zero-order valence-electron chi connectivity index (χ0n) is 12.2. The highest BCUT2D eigenvalue weighted by Gasteiger charge is 2.28. The predicted molar refractivity (Wildman–Crippen MR) is 106 cm³/mol. The van der Waals surface area contributed by atoms with E-state index in [0.717, 1.165) is 25.9 Å². The minimum Gasteiger partial charge on any atom is -0.323 e. The number of fused-ring (bicyclic) bond motifs is 1. The minimum absolute atomic E-state index is 0.0510. The first-order valence-electron chi connectivity index (χ1n) is 6.84. The van der Waals surface area contributed by atoms with E-state index in [1.807, 2.05) is 30.3 Å². The molecule has 0 radical (unpaired) electrons. The first-order chi connectivity index (χ1) is 10.4. The molecule has 0 saturated heterocycles. The third kappa shape index (κ3) is 2.80. The van der Waals surface area contributed by atoms with Crippen molar-refractivity contribution in [2.45, 2.75) is 19.3 Å². The topological polar surface area (TPSA) is 45.8 Å². The summed E-state index contributed by atoms with van der Waals surface area (Å²) in [6.45, 7) is 4.18. The average Bonchev–Trinajstić information content (AvgIpc) is 2.50. The SMILES string of the molecule is CC(C)(c1ccc2ccccc2n1)c1[nH]c(=O)c(I)cc1I. The molecule has 0 aliphatic heterocycles. The summed E-state index contributed by atoms with van der Waals surface area (Å²) in [5.74, 6) is 0. The molecule has 1 N–H and O–H groups in total. The van der Waals surface area contributed by atoms with Crippen LogP contribution >= 0.6 is 45.2 Å². The van der Waals surface area contributed by atoms with Gasteiger partial charge in [-0.1, -0.05) is 24.3 Å². The van der Waals surface area contributed by atoms with Gasteiger partial charge in [0.05, 0.1) is 14.8 Å². The molecule has 0 saturated carbocycles. The molecule has 1 aromatic carbocycles. The maximum Gasteiger partial charge on any atom is 0.261 e. The van der Waals surface area contributed by atoms with Gasteiger partial charge in [-0.2, -0.15) is 0 Å². The molecular weight excluding hydrogens is 502 g/mol. The lowest BCUT2D eigenvalue weighted by Crippen LogP contribution is -2.27. The fraction of sp³-hybridized carbons (Fsp3) is 0.176. The first-order valence-corrected chi connectivity index (χ1v) is 9.00. The fourth-order valence-corrected chi connectivity index (χ4v) is 4.64. The number of nitrogens with zero attached hydrogens (tertiary/aromatic N) is 1. The van der Waals surface area contributed by atoms with Crippen molar-refractivity contribution in [3.63, 3.8) is 0 Å². The van der Waals surface area contributed by atoms with Gasteiger partial charge in [-0.3, -0.25) is 9.78 Å². The Hall–Kier alpha value is -0.960. The second-order valence-corrected chi connectivity index (χ2v) is 8.01. The van der Waals surface area contributed by atoms with Gasteiger partial charge in [0, 0.05) is 20.1 Å². The van der Waals surface area contributed by atoms with E-state index >= 15 is 0 Å². The molecule has 0 spiro atoms. The fourth-order valence-electron chi connectivity index (χ4n) is 2.48. The van der Waals surface area contributed by atoms with Crippen LogP contribution in [0.4, 0.5) is 0 Å². The molecule has 3 aromatic rings. The van der Waals surface area contributed by atoms with Gasteiger partial charge in [-0.05, 0) is 77.2 Å². The Balaban J connectivity index is 2.19. The number of pyridine rings is 2. The van der Waals surface area contributed by atoms with Gasteiger partial charge in [0.2, 0.25) is 0 Å². The lowest BCUT2D eigenvalue weighted by atomic mass is 9.84. The third-order valence-electron chi connectivity index (χ3n) is 3.81. The van der Waals surface area contributed by atoms with Crippen LogP contribution in [0.2, 0.25) is 0 Å². The molecular formula is C17H14I2N2O. The number of halogens is 2. The van der Waals surface area contributed by atoms with Crippen molar-refractivity contribution in [2.24, 2.45) is 0 Å². The smallest absolute Gasteiger partial charge is 0.261 e. The summed E-state index contributed by atoms with van der Waals surface area (Å²) in [5, 5.41) is 1.12. The summed E-state index contributed by atoms with van der Waals surface area (Å²) in [6, 6.07) is 14.1. The van der Waals surface area contributed by atoms with Crippen LogP contribution < -0.4 is 5.56 Å². The number of benzene rings is 1. The van der Waals surface area contributed by atoms with Gasteiger partial charge in [-0.15, -0.1) is 0 Å². The highest BCUT2D eigenvalue weighted by atomic mass is 127. The van der Waals surface area contributed by atoms with E-state index < -0.39 is 0 Å². The van der Waals surface area contributed by atoms with Gasteiger partial charge in [0.15, 0.2) is 0 Å². The van der Waals surface area contributed by atoms with E-state index in [-0.39, 0.29) is 11.0 Å². The molecule has 0 aliphatic rings. The van der Waals surface area contributed by atoms with Crippen LogP contribution in [-0.4, -0.2) is 9.97 Å². The molecule has 0 amide bonds. The van der Waals surface area contributed by atoms with Gasteiger partial charge < -0.3 is 4.98 Å². The summed E-state index contributed by atoms with van der Waals surface area (Å²) in [7, 11) is 0. The van der Waals surface area contributed by atoms with E-state index in [9.17, 15) is 4.79 Å². The summed E-state index contributed by atoms with van der Waals surface area (Å²) in [4.78, 5) is 19.8. The largest absolute Gasteiger partial charge is 0.323 e. The molecule has 3 nitrogen and oxygen atoms in total. The number of H-pyrrole nitrogens is 1. The van der Waals surface area contributed by atoms with Crippen LogP contribution in [0, 0.1) is 7.14 Å². The molecule has 0 atom stereocenters. The number of para-hydroxylation sites is 1. The molecule has 0 bridgehead atoms. The predicted octanol–water partition coefficient (Wildman–Crippen LogP) is 4.46. The van der Waals surface area contributed by atoms with Crippen molar-refractivity contribution in [1.82, 2.24) is 9.97 Å². The quantitative estimate of drug-likeness (QED) is 0.512. The highest BCUT2D eigenvalue weighted by molar-refractivity contribution is 14.1. The second kappa shape index (κ2) is 5.92. The number of aromatic nitrogens is 2. The number of rotatable bonds is 2. The van der Waals surface area contributed by atoms with E-state index in [0.29, 0.717) is 3.57 Å². The Morgan fingerprint density at radius 3 is 2.55 bits per heavy atom. The van der Waals surface area contributed by atoms with E-state index in [1.54, 1.807) is 0 Å². The lowest BCUT2D eigenvalue weighted by Gasteiger charge is -2.26. The monoisotopic (exact) mass is 516 g/mol.